The van der Waals surface area contributed by atoms with Crippen molar-refractivity contribution in [3.63, 3.8) is 0 Å². The lowest BCUT2D eigenvalue weighted by Gasteiger charge is -2.36. The van der Waals surface area contributed by atoms with Crippen LogP contribution in [0.1, 0.15) is 17.2 Å². The molecule has 7 nitrogen and oxygen atoms in total. The Labute approximate surface area is 218 Å². The molecule has 3 aromatic rings. The summed E-state index contributed by atoms with van der Waals surface area (Å²) in [6.45, 7) is 2.14. The Hall–Kier alpha value is -3.98. The SMILES string of the molecule is O=C(CSC1=Nc2ccccc2C2=NC(c3ccccc3)C(=O)N12)N1CCN(c2ccccc2F)CC1. The van der Waals surface area contributed by atoms with Gasteiger partial charge in [0.2, 0.25) is 5.91 Å². The number of nitrogens with zero attached hydrogens (tertiary/aromatic N) is 5. The van der Waals surface area contributed by atoms with Gasteiger partial charge >= 0.3 is 0 Å². The molecule has 0 aromatic heterocycles. The highest BCUT2D eigenvalue weighted by atomic mass is 32.2. The van der Waals surface area contributed by atoms with Gasteiger partial charge < -0.3 is 9.80 Å². The number of amides is 2. The summed E-state index contributed by atoms with van der Waals surface area (Å²) in [5.74, 6) is 0.249. The standard InChI is InChI=1S/C28H24FN5O2S/c29-21-11-5-7-13-23(21)32-14-16-33(17-15-32)24(35)18-37-28-30-22-12-6-4-10-20(22)26-31-25(27(36)34(26)28)19-8-2-1-3-9-19/h1-13,25H,14-18H2. The Morgan fingerprint density at radius 1 is 0.919 bits per heavy atom. The molecule has 3 aliphatic heterocycles. The summed E-state index contributed by atoms with van der Waals surface area (Å²) in [4.78, 5) is 41.4. The van der Waals surface area contributed by atoms with E-state index in [-0.39, 0.29) is 23.4 Å². The van der Waals surface area contributed by atoms with Crippen LogP contribution in [-0.4, -0.2) is 64.5 Å². The Morgan fingerprint density at radius 3 is 2.41 bits per heavy atom. The first-order valence-electron chi connectivity index (χ1n) is 12.1. The molecule has 0 radical (unpaired) electrons. The fraction of sp³-hybridized carbons (Fsp3) is 0.214. The summed E-state index contributed by atoms with van der Waals surface area (Å²) in [6, 6.07) is 23.1. The molecule has 3 heterocycles. The zero-order valence-corrected chi connectivity index (χ0v) is 20.8. The fourth-order valence-electron chi connectivity index (χ4n) is 4.82. The molecule has 3 aromatic carbocycles. The number of carbonyl (C=O) groups is 2. The number of benzene rings is 3. The molecule has 0 bridgehead atoms. The number of hydrogen-bond donors (Lipinski definition) is 0. The summed E-state index contributed by atoms with van der Waals surface area (Å²) >= 11 is 1.25. The molecular weight excluding hydrogens is 489 g/mol. The summed E-state index contributed by atoms with van der Waals surface area (Å²) in [5.41, 5.74) is 2.91. The van der Waals surface area contributed by atoms with Crippen LogP contribution in [0.15, 0.2) is 88.8 Å². The zero-order valence-electron chi connectivity index (χ0n) is 20.0. The highest BCUT2D eigenvalue weighted by Gasteiger charge is 2.42. The lowest BCUT2D eigenvalue weighted by atomic mass is 10.1. The topological polar surface area (TPSA) is 68.6 Å². The third kappa shape index (κ3) is 4.40. The molecule has 0 spiro atoms. The van der Waals surface area contributed by atoms with Gasteiger partial charge in [-0.05, 0) is 29.8 Å². The summed E-state index contributed by atoms with van der Waals surface area (Å²) < 4.78 is 14.2. The summed E-state index contributed by atoms with van der Waals surface area (Å²) in [5, 5.41) is 0.458. The second-order valence-electron chi connectivity index (χ2n) is 8.96. The predicted molar refractivity (Wildman–Crippen MR) is 144 cm³/mol. The number of aliphatic imine (C=N–C) groups is 2. The van der Waals surface area contributed by atoms with Crippen molar-refractivity contribution < 1.29 is 14.0 Å². The van der Waals surface area contributed by atoms with Crippen LogP contribution in [0.4, 0.5) is 15.8 Å². The Balaban J connectivity index is 1.16. The second kappa shape index (κ2) is 9.82. The maximum atomic E-state index is 14.2. The van der Waals surface area contributed by atoms with Gasteiger partial charge in [-0.25, -0.2) is 19.3 Å². The number of thioether (sulfide) groups is 1. The van der Waals surface area contributed by atoms with E-state index in [2.05, 4.69) is 0 Å². The lowest BCUT2D eigenvalue weighted by Crippen LogP contribution is -2.49. The predicted octanol–water partition coefficient (Wildman–Crippen LogP) is 4.24. The molecule has 2 amide bonds. The zero-order chi connectivity index (χ0) is 25.4. The van der Waals surface area contributed by atoms with Crippen LogP contribution in [-0.2, 0) is 9.59 Å². The Kier molecular flexibility index (Phi) is 6.21. The van der Waals surface area contributed by atoms with E-state index in [0.29, 0.717) is 42.9 Å². The van der Waals surface area contributed by atoms with Gasteiger partial charge in [-0.3, -0.25) is 9.59 Å². The number of hydrogen-bond acceptors (Lipinski definition) is 6. The molecule has 0 saturated carbocycles. The third-order valence-electron chi connectivity index (χ3n) is 6.74. The van der Waals surface area contributed by atoms with Crippen LogP contribution < -0.4 is 4.90 Å². The van der Waals surface area contributed by atoms with Gasteiger partial charge in [-0.2, -0.15) is 0 Å². The molecule has 1 atom stereocenters. The van der Waals surface area contributed by atoms with Crippen molar-refractivity contribution in [2.75, 3.05) is 36.8 Å². The van der Waals surface area contributed by atoms with Crippen molar-refractivity contribution in [3.8, 4) is 0 Å². The first-order valence-corrected chi connectivity index (χ1v) is 13.1. The molecule has 1 saturated heterocycles. The van der Waals surface area contributed by atoms with Gasteiger partial charge in [0.15, 0.2) is 11.2 Å². The van der Waals surface area contributed by atoms with Crippen molar-refractivity contribution in [2.45, 2.75) is 6.04 Å². The van der Waals surface area contributed by atoms with Gasteiger partial charge in [0, 0.05) is 31.7 Å². The third-order valence-corrected chi connectivity index (χ3v) is 7.66. The molecule has 9 heteroatoms. The van der Waals surface area contributed by atoms with Crippen LogP contribution in [0, 0.1) is 5.82 Å². The summed E-state index contributed by atoms with van der Waals surface area (Å²) in [6.07, 6.45) is 0. The molecule has 0 N–H and O–H groups in total. The number of piperazine rings is 1. The quantitative estimate of drug-likeness (QED) is 0.524. The van der Waals surface area contributed by atoms with Crippen molar-refractivity contribution in [2.24, 2.45) is 9.98 Å². The first-order chi connectivity index (χ1) is 18.1. The van der Waals surface area contributed by atoms with Crippen molar-refractivity contribution >= 4 is 46.0 Å². The van der Waals surface area contributed by atoms with Crippen molar-refractivity contribution in [1.82, 2.24) is 9.80 Å². The average Bonchev–Trinajstić information content (AvgIpc) is 3.30. The Bertz CT molecular complexity index is 1420. The monoisotopic (exact) mass is 513 g/mol. The normalized spacial score (nSPS) is 18.8. The number of anilines is 1. The van der Waals surface area contributed by atoms with Crippen LogP contribution in [0.5, 0.6) is 0 Å². The van der Waals surface area contributed by atoms with Crippen LogP contribution in [0.3, 0.4) is 0 Å². The van der Waals surface area contributed by atoms with Gasteiger partial charge in [-0.15, -0.1) is 0 Å². The number of amidine groups is 2. The maximum Gasteiger partial charge on any atom is 0.263 e. The number of para-hydroxylation sites is 2. The van der Waals surface area contributed by atoms with Crippen molar-refractivity contribution in [1.29, 1.82) is 0 Å². The van der Waals surface area contributed by atoms with Gasteiger partial charge in [0.1, 0.15) is 11.7 Å². The van der Waals surface area contributed by atoms with Crippen LogP contribution in [0.25, 0.3) is 0 Å². The van der Waals surface area contributed by atoms with Crippen molar-refractivity contribution in [3.05, 3.63) is 95.8 Å². The number of fused-ring (bicyclic) bond motifs is 3. The molecular formula is C28H24FN5O2S. The van der Waals surface area contributed by atoms with Crippen LogP contribution >= 0.6 is 11.8 Å². The number of halogens is 1. The van der Waals surface area contributed by atoms with Gasteiger partial charge in [-0.1, -0.05) is 66.4 Å². The van der Waals surface area contributed by atoms with E-state index in [9.17, 15) is 14.0 Å². The van der Waals surface area contributed by atoms with E-state index >= 15 is 0 Å². The van der Waals surface area contributed by atoms with E-state index in [4.69, 9.17) is 9.98 Å². The molecule has 1 fully saturated rings. The molecule has 6 rings (SSSR count). The first kappa shape index (κ1) is 23.4. The summed E-state index contributed by atoms with van der Waals surface area (Å²) in [7, 11) is 0. The van der Waals surface area contributed by atoms with Gasteiger partial charge in [0.05, 0.1) is 17.1 Å². The fourth-order valence-corrected chi connectivity index (χ4v) is 5.73. The highest BCUT2D eigenvalue weighted by molar-refractivity contribution is 8.14. The average molecular weight is 514 g/mol. The lowest BCUT2D eigenvalue weighted by molar-refractivity contribution is -0.128. The second-order valence-corrected chi connectivity index (χ2v) is 9.90. The minimum atomic E-state index is -0.643. The van der Waals surface area contributed by atoms with Gasteiger partial charge in [0.25, 0.3) is 5.91 Å². The smallest absolute Gasteiger partial charge is 0.263 e. The number of rotatable bonds is 4. The molecule has 3 aliphatic rings. The highest BCUT2D eigenvalue weighted by Crippen LogP contribution is 2.37. The van der Waals surface area contributed by atoms with E-state index in [1.807, 2.05) is 65.6 Å². The molecule has 0 aliphatic carbocycles. The van der Waals surface area contributed by atoms with E-state index in [1.54, 1.807) is 21.9 Å². The largest absolute Gasteiger partial charge is 0.366 e. The van der Waals surface area contributed by atoms with E-state index < -0.39 is 6.04 Å². The van der Waals surface area contributed by atoms with Crippen LogP contribution in [0.2, 0.25) is 0 Å². The molecule has 1 unspecified atom stereocenters. The maximum absolute atomic E-state index is 14.2. The number of carbonyl (C=O) groups excluding carboxylic acids is 2. The Morgan fingerprint density at radius 2 is 1.62 bits per heavy atom. The van der Waals surface area contributed by atoms with E-state index in [1.165, 1.54) is 17.8 Å². The minimum absolute atomic E-state index is 0.0375. The molecule has 186 valence electrons. The molecule has 37 heavy (non-hydrogen) atoms. The minimum Gasteiger partial charge on any atom is -0.366 e. The van der Waals surface area contributed by atoms with E-state index in [0.717, 1.165) is 16.8 Å².